The maximum atomic E-state index is 13.2. The minimum atomic E-state index is -0.568. The maximum Gasteiger partial charge on any atom is 0.410 e. The van der Waals surface area contributed by atoms with Crippen LogP contribution >= 0.6 is 23.2 Å². The third kappa shape index (κ3) is 5.29. The Morgan fingerprint density at radius 3 is 2.49 bits per heavy atom. The Labute approximate surface area is 216 Å². The van der Waals surface area contributed by atoms with Gasteiger partial charge in [-0.05, 0) is 75.9 Å². The van der Waals surface area contributed by atoms with Gasteiger partial charge >= 0.3 is 6.09 Å². The summed E-state index contributed by atoms with van der Waals surface area (Å²) in [5.41, 5.74) is 5.28. The van der Waals surface area contributed by atoms with Crippen LogP contribution in [0.2, 0.25) is 10.0 Å². The Balaban J connectivity index is 1.68. The van der Waals surface area contributed by atoms with Gasteiger partial charge in [0.15, 0.2) is 0 Å². The molecule has 1 aliphatic rings. The minimum absolute atomic E-state index is 0.127. The number of nitrogens with one attached hydrogen (secondary N) is 1. The Hall–Kier alpha value is -2.70. The number of rotatable bonds is 3. The number of hydrogen-bond donors (Lipinski definition) is 1. The molecule has 0 saturated carbocycles. The van der Waals surface area contributed by atoms with E-state index in [9.17, 15) is 9.59 Å². The first-order chi connectivity index (χ1) is 16.5. The van der Waals surface area contributed by atoms with Gasteiger partial charge in [-0.15, -0.1) is 0 Å². The number of carbonyl (C=O) groups excluding carboxylic acids is 2. The van der Waals surface area contributed by atoms with E-state index in [0.717, 1.165) is 39.0 Å². The van der Waals surface area contributed by atoms with E-state index in [1.165, 1.54) is 0 Å². The molecule has 0 unspecified atom stereocenters. The highest BCUT2D eigenvalue weighted by atomic mass is 35.5. The number of aryl methyl sites for hydroxylation is 1. The molecule has 8 heteroatoms. The van der Waals surface area contributed by atoms with Crippen molar-refractivity contribution < 1.29 is 14.3 Å². The number of amides is 2. The molecule has 0 spiro atoms. The maximum absolute atomic E-state index is 13.2. The second-order valence-corrected chi connectivity index (χ2v) is 10.8. The molecule has 3 aromatic rings. The summed E-state index contributed by atoms with van der Waals surface area (Å²) in [6.07, 6.45) is 0.834. The van der Waals surface area contributed by atoms with Crippen molar-refractivity contribution in [1.82, 2.24) is 9.47 Å². The van der Waals surface area contributed by atoms with Crippen LogP contribution in [0.4, 0.5) is 10.5 Å². The summed E-state index contributed by atoms with van der Waals surface area (Å²) in [6, 6.07) is 9.53. The lowest BCUT2D eigenvalue weighted by molar-refractivity contribution is -0.116. The normalized spacial score (nSPS) is 14.0. The third-order valence-corrected chi connectivity index (χ3v) is 7.23. The summed E-state index contributed by atoms with van der Waals surface area (Å²) in [7, 11) is 0. The van der Waals surface area contributed by atoms with Gasteiger partial charge in [0.05, 0.1) is 15.6 Å². The number of ether oxygens (including phenoxy) is 1. The van der Waals surface area contributed by atoms with Crippen molar-refractivity contribution >= 4 is 51.8 Å². The average molecular weight is 516 g/mol. The van der Waals surface area contributed by atoms with Crippen LogP contribution in [-0.2, 0) is 28.9 Å². The lowest BCUT2D eigenvalue weighted by Gasteiger charge is -2.26. The molecule has 1 aromatic heterocycles. The molecule has 0 atom stereocenters. The van der Waals surface area contributed by atoms with Gasteiger partial charge in [-0.3, -0.25) is 4.79 Å². The monoisotopic (exact) mass is 515 g/mol. The van der Waals surface area contributed by atoms with Gasteiger partial charge in [-0.1, -0.05) is 35.3 Å². The lowest BCUT2D eigenvalue weighted by atomic mass is 10.1. The highest BCUT2D eigenvalue weighted by Gasteiger charge is 2.29. The molecule has 0 fully saturated rings. The number of nitrogens with zero attached hydrogens (tertiary/aromatic N) is 2. The molecule has 4 rings (SSSR count). The molecule has 6 nitrogen and oxygen atoms in total. The molecular formula is C27H31Cl2N3O3. The zero-order chi connectivity index (χ0) is 25.5. The predicted molar refractivity (Wildman–Crippen MR) is 142 cm³/mol. The topological polar surface area (TPSA) is 63.6 Å². The Kier molecular flexibility index (Phi) is 7.07. The van der Waals surface area contributed by atoms with Gasteiger partial charge in [0, 0.05) is 36.3 Å². The molecule has 35 heavy (non-hydrogen) atoms. The van der Waals surface area contributed by atoms with Crippen LogP contribution in [0.5, 0.6) is 0 Å². The Morgan fingerprint density at radius 2 is 1.77 bits per heavy atom. The van der Waals surface area contributed by atoms with Crippen molar-refractivity contribution in [2.75, 3.05) is 18.4 Å². The molecular weight excluding hydrogens is 485 g/mol. The number of fused-ring (bicyclic) bond motifs is 3. The molecule has 1 N–H and O–H groups in total. The highest BCUT2D eigenvalue weighted by Crippen LogP contribution is 2.38. The van der Waals surface area contributed by atoms with E-state index < -0.39 is 5.60 Å². The van der Waals surface area contributed by atoms with Gasteiger partial charge in [0.2, 0.25) is 5.91 Å². The van der Waals surface area contributed by atoms with Crippen LogP contribution < -0.4 is 5.32 Å². The van der Waals surface area contributed by atoms with Crippen LogP contribution in [0.1, 0.15) is 43.2 Å². The summed E-state index contributed by atoms with van der Waals surface area (Å²) >= 11 is 13.0. The van der Waals surface area contributed by atoms with Gasteiger partial charge in [0.25, 0.3) is 0 Å². The molecule has 186 valence electrons. The summed E-state index contributed by atoms with van der Waals surface area (Å²) in [5, 5.41) is 4.84. The number of anilines is 1. The van der Waals surface area contributed by atoms with Crippen molar-refractivity contribution in [3.8, 4) is 0 Å². The molecule has 2 heterocycles. The van der Waals surface area contributed by atoms with Crippen molar-refractivity contribution in [1.29, 1.82) is 0 Å². The Bertz CT molecular complexity index is 1310. The van der Waals surface area contributed by atoms with Gasteiger partial charge in [-0.2, -0.15) is 0 Å². The number of carbonyl (C=O) groups is 2. The minimum Gasteiger partial charge on any atom is -0.444 e. The summed E-state index contributed by atoms with van der Waals surface area (Å²) in [5.74, 6) is -0.127. The number of halogens is 2. The molecule has 0 saturated heterocycles. The van der Waals surface area contributed by atoms with Crippen LogP contribution in [0.3, 0.4) is 0 Å². The second-order valence-electron chi connectivity index (χ2n) is 10.0. The molecule has 0 radical (unpaired) electrons. The van der Waals surface area contributed by atoms with E-state index >= 15 is 0 Å². The standard InChI is InChI=1S/C27H31Cl2N3O3/c1-16-7-6-8-20(17(16)2)30-23(33)15-32-21-12-14-31(26(34)35-27(3,4)5)13-11-18(21)24-22(32)10-9-19(28)25(24)29/h6-10H,11-15H2,1-5H3,(H,30,33). The van der Waals surface area contributed by atoms with Crippen molar-refractivity contribution in [2.45, 2.75) is 59.6 Å². The first kappa shape index (κ1) is 25.4. The fourth-order valence-electron chi connectivity index (χ4n) is 4.57. The summed E-state index contributed by atoms with van der Waals surface area (Å²) < 4.78 is 7.60. The van der Waals surface area contributed by atoms with E-state index in [0.29, 0.717) is 36.0 Å². The van der Waals surface area contributed by atoms with Gasteiger partial charge in [-0.25, -0.2) is 4.79 Å². The smallest absolute Gasteiger partial charge is 0.410 e. The molecule has 0 aliphatic carbocycles. The summed E-state index contributed by atoms with van der Waals surface area (Å²) in [6.45, 7) is 10.7. The van der Waals surface area contributed by atoms with Gasteiger partial charge < -0.3 is 19.5 Å². The van der Waals surface area contributed by atoms with E-state index in [1.807, 2.05) is 63.5 Å². The van der Waals surface area contributed by atoms with E-state index in [2.05, 4.69) is 5.32 Å². The van der Waals surface area contributed by atoms with E-state index in [1.54, 1.807) is 11.0 Å². The second kappa shape index (κ2) is 9.75. The third-order valence-electron chi connectivity index (χ3n) is 6.42. The number of benzene rings is 2. The first-order valence-electron chi connectivity index (χ1n) is 11.8. The highest BCUT2D eigenvalue weighted by molar-refractivity contribution is 6.45. The van der Waals surface area contributed by atoms with Crippen LogP contribution in [0.25, 0.3) is 10.9 Å². The lowest BCUT2D eigenvalue weighted by Crippen LogP contribution is -2.38. The zero-order valence-corrected chi connectivity index (χ0v) is 22.3. The SMILES string of the molecule is Cc1cccc(NC(=O)Cn2c3c(c4c(Cl)c(Cl)ccc42)CCN(C(=O)OC(C)(C)C)CC3)c1C. The van der Waals surface area contributed by atoms with Crippen molar-refractivity contribution in [3.63, 3.8) is 0 Å². The van der Waals surface area contributed by atoms with Crippen molar-refractivity contribution in [2.24, 2.45) is 0 Å². The first-order valence-corrected chi connectivity index (χ1v) is 12.5. The summed E-state index contributed by atoms with van der Waals surface area (Å²) in [4.78, 5) is 27.6. The number of aromatic nitrogens is 1. The fraction of sp³-hybridized carbons (Fsp3) is 0.407. The average Bonchev–Trinajstić information content (AvgIpc) is 2.91. The van der Waals surface area contributed by atoms with E-state index in [4.69, 9.17) is 27.9 Å². The predicted octanol–water partition coefficient (Wildman–Crippen LogP) is 6.54. The Morgan fingerprint density at radius 1 is 1.06 bits per heavy atom. The van der Waals surface area contributed by atoms with Crippen LogP contribution in [0, 0.1) is 13.8 Å². The molecule has 2 aromatic carbocycles. The van der Waals surface area contributed by atoms with E-state index in [-0.39, 0.29) is 18.5 Å². The van der Waals surface area contributed by atoms with Crippen LogP contribution in [-0.4, -0.2) is 40.2 Å². The largest absolute Gasteiger partial charge is 0.444 e. The molecule has 2 amide bonds. The zero-order valence-electron chi connectivity index (χ0n) is 20.8. The quantitative estimate of drug-likeness (QED) is 0.430. The molecule has 1 aliphatic heterocycles. The van der Waals surface area contributed by atoms with Gasteiger partial charge in [0.1, 0.15) is 12.1 Å². The fourth-order valence-corrected chi connectivity index (χ4v) is 5.00. The molecule has 0 bridgehead atoms. The van der Waals surface area contributed by atoms with Crippen LogP contribution in [0.15, 0.2) is 30.3 Å². The van der Waals surface area contributed by atoms with Crippen molar-refractivity contribution in [3.05, 3.63) is 62.8 Å². The number of hydrogen-bond acceptors (Lipinski definition) is 3.